The van der Waals surface area contributed by atoms with Gasteiger partial charge in [-0.3, -0.25) is 4.90 Å². The third kappa shape index (κ3) is 6.95. The van der Waals surface area contributed by atoms with Crippen molar-refractivity contribution in [1.82, 2.24) is 4.90 Å². The topological polar surface area (TPSA) is 89.9 Å². The minimum Gasteiger partial charge on any atom is -0.478 e. The number of carboxylic acids is 2. The molecule has 4 rings (SSSR count). The lowest BCUT2D eigenvalue weighted by atomic mass is 9.81. The molecule has 1 unspecified atom stereocenters. The van der Waals surface area contributed by atoms with Gasteiger partial charge in [-0.05, 0) is 86.7 Å². The van der Waals surface area contributed by atoms with Crippen molar-refractivity contribution in [3.63, 3.8) is 0 Å². The lowest BCUT2D eigenvalue weighted by Gasteiger charge is -2.33. The van der Waals surface area contributed by atoms with Crippen LogP contribution in [0.3, 0.4) is 0 Å². The number of benzene rings is 2. The number of fused-ring (bicyclic) bond motifs is 1. The molecule has 0 spiro atoms. The molecule has 0 amide bonds. The van der Waals surface area contributed by atoms with Crippen LogP contribution in [-0.4, -0.2) is 46.7 Å². The number of aryl methyl sites for hydroxylation is 1. The summed E-state index contributed by atoms with van der Waals surface area (Å²) < 4.78 is 0. The molecule has 3 N–H and O–H groups in total. The van der Waals surface area contributed by atoms with Gasteiger partial charge in [0.2, 0.25) is 0 Å². The van der Waals surface area contributed by atoms with Crippen LogP contribution in [0.5, 0.6) is 0 Å². The molecule has 2 aliphatic rings. The standard InChI is InChI=1S/C29H36N2O4/c32-28(33)19-26(29(34)35)25(24-11-10-23-8-4-5-15-30-27(23)18-24)12-9-21-13-16-31(17-14-21)20-22-6-2-1-3-7-22/h1-3,6-7,10-11,18-19,21,25,30H,4-5,8-9,12-17,20H2,(H,32,33)(H,34,35). The summed E-state index contributed by atoms with van der Waals surface area (Å²) in [6.07, 6.45) is 7.81. The highest BCUT2D eigenvalue weighted by atomic mass is 16.4. The average Bonchev–Trinajstić information content (AvgIpc) is 3.10. The molecule has 6 heteroatoms. The SMILES string of the molecule is O=C(O)C=C(C(=O)O)C(CCC1CCN(Cc2ccccc2)CC1)c1ccc2c(c1)NCCCC2. The summed E-state index contributed by atoms with van der Waals surface area (Å²) in [6.45, 7) is 3.93. The number of piperidine rings is 1. The molecule has 0 saturated carbocycles. The Bertz CT molecular complexity index is 1040. The first kappa shape index (κ1) is 25.0. The molecule has 0 aliphatic carbocycles. The molecule has 0 radical (unpaired) electrons. The molecule has 186 valence electrons. The van der Waals surface area contributed by atoms with Gasteiger partial charge >= 0.3 is 11.9 Å². The van der Waals surface area contributed by atoms with E-state index >= 15 is 0 Å². The van der Waals surface area contributed by atoms with Crippen LogP contribution in [0.2, 0.25) is 0 Å². The van der Waals surface area contributed by atoms with E-state index in [0.717, 1.165) is 82.0 Å². The fourth-order valence-electron chi connectivity index (χ4n) is 5.48. The third-order valence-electron chi connectivity index (χ3n) is 7.45. The van der Waals surface area contributed by atoms with Crippen molar-refractivity contribution in [2.75, 3.05) is 25.0 Å². The van der Waals surface area contributed by atoms with Crippen LogP contribution in [-0.2, 0) is 22.6 Å². The Balaban J connectivity index is 1.45. The number of rotatable bonds is 9. The van der Waals surface area contributed by atoms with Crippen molar-refractivity contribution < 1.29 is 19.8 Å². The molecule has 6 nitrogen and oxygen atoms in total. The van der Waals surface area contributed by atoms with Gasteiger partial charge in [0.15, 0.2) is 0 Å². The van der Waals surface area contributed by atoms with Gasteiger partial charge in [0, 0.05) is 30.8 Å². The van der Waals surface area contributed by atoms with Crippen LogP contribution in [0.15, 0.2) is 60.2 Å². The van der Waals surface area contributed by atoms with Crippen molar-refractivity contribution in [3.8, 4) is 0 Å². The van der Waals surface area contributed by atoms with Crippen molar-refractivity contribution >= 4 is 17.6 Å². The number of hydrogen-bond acceptors (Lipinski definition) is 4. The number of nitrogens with one attached hydrogen (secondary N) is 1. The van der Waals surface area contributed by atoms with Gasteiger partial charge < -0.3 is 15.5 Å². The summed E-state index contributed by atoms with van der Waals surface area (Å²) in [5, 5.41) is 22.7. The largest absolute Gasteiger partial charge is 0.478 e. The summed E-state index contributed by atoms with van der Waals surface area (Å²) in [5.74, 6) is -2.29. The highest BCUT2D eigenvalue weighted by Gasteiger charge is 2.27. The predicted octanol–water partition coefficient (Wildman–Crippen LogP) is 5.31. The zero-order valence-electron chi connectivity index (χ0n) is 20.3. The maximum absolute atomic E-state index is 12.1. The van der Waals surface area contributed by atoms with E-state index in [9.17, 15) is 19.8 Å². The Morgan fingerprint density at radius 2 is 1.83 bits per heavy atom. The molecule has 1 saturated heterocycles. The summed E-state index contributed by atoms with van der Waals surface area (Å²) in [7, 11) is 0. The van der Waals surface area contributed by atoms with E-state index in [1.165, 1.54) is 11.1 Å². The summed E-state index contributed by atoms with van der Waals surface area (Å²) in [4.78, 5) is 26.1. The zero-order valence-corrected chi connectivity index (χ0v) is 20.3. The minimum absolute atomic E-state index is 0.0346. The average molecular weight is 477 g/mol. The van der Waals surface area contributed by atoms with E-state index in [1.807, 2.05) is 18.2 Å². The molecule has 0 bridgehead atoms. The van der Waals surface area contributed by atoms with Crippen molar-refractivity contribution in [2.45, 2.75) is 57.4 Å². The van der Waals surface area contributed by atoms with Gasteiger partial charge in [0.1, 0.15) is 0 Å². The van der Waals surface area contributed by atoms with E-state index in [4.69, 9.17) is 0 Å². The molecule has 2 heterocycles. The van der Waals surface area contributed by atoms with Crippen molar-refractivity contribution in [2.24, 2.45) is 5.92 Å². The summed E-state index contributed by atoms with van der Waals surface area (Å²) in [5.41, 5.74) is 4.48. The monoisotopic (exact) mass is 476 g/mol. The fourth-order valence-corrected chi connectivity index (χ4v) is 5.48. The van der Waals surface area contributed by atoms with Crippen LogP contribution in [0.25, 0.3) is 0 Å². The number of aliphatic carboxylic acids is 2. The molecule has 2 aliphatic heterocycles. The highest BCUT2D eigenvalue weighted by Crippen LogP contribution is 2.36. The van der Waals surface area contributed by atoms with E-state index in [0.29, 0.717) is 12.3 Å². The van der Waals surface area contributed by atoms with Crippen LogP contribution in [0.4, 0.5) is 5.69 Å². The number of carbonyl (C=O) groups is 2. The van der Waals surface area contributed by atoms with Crippen LogP contribution >= 0.6 is 0 Å². The highest BCUT2D eigenvalue weighted by molar-refractivity contribution is 5.96. The number of hydrogen-bond donors (Lipinski definition) is 3. The van der Waals surface area contributed by atoms with E-state index in [1.54, 1.807) is 0 Å². The second-order valence-electron chi connectivity index (χ2n) is 9.88. The molecular formula is C29H36N2O4. The van der Waals surface area contributed by atoms with E-state index in [-0.39, 0.29) is 5.57 Å². The van der Waals surface area contributed by atoms with Crippen molar-refractivity contribution in [1.29, 1.82) is 0 Å². The molecule has 2 aromatic rings. The smallest absolute Gasteiger partial charge is 0.332 e. The second-order valence-corrected chi connectivity index (χ2v) is 9.88. The Morgan fingerprint density at radius 3 is 2.54 bits per heavy atom. The minimum atomic E-state index is -1.21. The van der Waals surface area contributed by atoms with Gasteiger partial charge in [-0.15, -0.1) is 0 Å². The fraction of sp³-hybridized carbons (Fsp3) is 0.448. The Morgan fingerprint density at radius 1 is 1.06 bits per heavy atom. The summed E-state index contributed by atoms with van der Waals surface area (Å²) >= 11 is 0. The Kier molecular flexibility index (Phi) is 8.59. The number of anilines is 1. The normalized spacial score (nSPS) is 18.2. The molecule has 1 atom stereocenters. The molecule has 0 aromatic heterocycles. The Hall–Kier alpha value is -3.12. The van der Waals surface area contributed by atoms with Crippen LogP contribution < -0.4 is 5.32 Å². The van der Waals surface area contributed by atoms with E-state index < -0.39 is 17.9 Å². The number of nitrogens with zero attached hydrogens (tertiary/aromatic N) is 1. The van der Waals surface area contributed by atoms with Gasteiger partial charge in [0.05, 0.1) is 5.57 Å². The molecular weight excluding hydrogens is 440 g/mol. The summed E-state index contributed by atoms with van der Waals surface area (Å²) in [6, 6.07) is 16.6. The first-order valence-corrected chi connectivity index (χ1v) is 12.8. The van der Waals surface area contributed by atoms with Gasteiger partial charge in [-0.2, -0.15) is 0 Å². The van der Waals surface area contributed by atoms with Gasteiger partial charge in [0.25, 0.3) is 0 Å². The predicted molar refractivity (Wildman–Crippen MR) is 138 cm³/mol. The van der Waals surface area contributed by atoms with E-state index in [2.05, 4.69) is 40.5 Å². The number of carboxylic acid groups (broad SMARTS) is 2. The Labute approximate surface area is 207 Å². The maximum atomic E-state index is 12.1. The third-order valence-corrected chi connectivity index (χ3v) is 7.45. The lowest BCUT2D eigenvalue weighted by Crippen LogP contribution is -2.33. The first-order valence-electron chi connectivity index (χ1n) is 12.8. The van der Waals surface area contributed by atoms with Gasteiger partial charge in [-0.1, -0.05) is 42.5 Å². The molecule has 2 aromatic carbocycles. The maximum Gasteiger partial charge on any atom is 0.332 e. The van der Waals surface area contributed by atoms with Crippen LogP contribution in [0.1, 0.15) is 61.1 Å². The van der Waals surface area contributed by atoms with Crippen LogP contribution in [0, 0.1) is 5.92 Å². The zero-order chi connectivity index (χ0) is 24.6. The number of likely N-dealkylation sites (tertiary alicyclic amines) is 1. The quantitative estimate of drug-likeness (QED) is 0.425. The molecule has 1 fully saturated rings. The second kappa shape index (κ2) is 12.0. The first-order chi connectivity index (χ1) is 17.0. The lowest BCUT2D eigenvalue weighted by molar-refractivity contribution is -0.135. The van der Waals surface area contributed by atoms with Gasteiger partial charge in [-0.25, -0.2) is 9.59 Å². The molecule has 35 heavy (non-hydrogen) atoms. The van der Waals surface area contributed by atoms with Crippen molar-refractivity contribution in [3.05, 3.63) is 76.9 Å².